The monoisotopic (exact) mass is 836 g/mol. The smallest absolute Gasteiger partial charge is 0.433 e. The van der Waals surface area contributed by atoms with Gasteiger partial charge in [0.15, 0.2) is 0 Å². The van der Waals surface area contributed by atoms with Gasteiger partial charge in [-0.3, -0.25) is 28.8 Å². The molecule has 0 bridgehead atoms. The third kappa shape index (κ3) is 7.91. The molecule has 2 aromatic carbocycles. The molecule has 312 valence electrons. The third-order valence-electron chi connectivity index (χ3n) is 12.1. The van der Waals surface area contributed by atoms with E-state index in [4.69, 9.17) is 9.72 Å². The molecule has 1 atom stereocenters. The maximum Gasteiger partial charge on any atom is 0.433 e. The van der Waals surface area contributed by atoms with Crippen LogP contribution in [0.2, 0.25) is 0 Å². The average molecular weight is 837 g/mol. The zero-order valence-corrected chi connectivity index (χ0v) is 33.6. The summed E-state index contributed by atoms with van der Waals surface area (Å²) < 4.78 is 64.3. The Kier molecular flexibility index (Phi) is 11.0. The van der Waals surface area contributed by atoms with Crippen LogP contribution in [0.1, 0.15) is 84.5 Å². The van der Waals surface area contributed by atoms with Crippen LogP contribution in [0.5, 0.6) is 5.75 Å². The number of amides is 3. The molecule has 2 aliphatic heterocycles. The summed E-state index contributed by atoms with van der Waals surface area (Å²) in [6.07, 6.45) is 1.29. The number of rotatable bonds is 9. The number of methoxy groups -OCH3 is 1. The van der Waals surface area contributed by atoms with E-state index in [-0.39, 0.29) is 30.4 Å². The number of anilines is 2. The molecule has 3 fully saturated rings. The lowest BCUT2D eigenvalue weighted by molar-refractivity contribution is -0.141. The number of nitrogens with zero attached hydrogens (tertiary/aromatic N) is 6. The summed E-state index contributed by atoms with van der Waals surface area (Å²) in [4.78, 5) is 63.7. The number of benzene rings is 2. The highest BCUT2D eigenvalue weighted by molar-refractivity contribution is 7.18. The fourth-order valence-corrected chi connectivity index (χ4v) is 10.1. The first-order chi connectivity index (χ1) is 28.2. The molecule has 8 rings (SSSR count). The van der Waals surface area contributed by atoms with Gasteiger partial charge >= 0.3 is 11.9 Å². The van der Waals surface area contributed by atoms with Gasteiger partial charge in [0.25, 0.3) is 5.91 Å². The first-order valence-electron chi connectivity index (χ1n) is 19.7. The number of pyridine rings is 1. The normalized spacial score (nSPS) is 20.7. The van der Waals surface area contributed by atoms with Crippen LogP contribution < -0.4 is 26.0 Å². The molecular formula is C41H44F4N8O5S. The summed E-state index contributed by atoms with van der Waals surface area (Å²) in [7, 11) is 5.19. The fourth-order valence-electron chi connectivity index (χ4n) is 8.96. The van der Waals surface area contributed by atoms with E-state index in [1.54, 1.807) is 19.2 Å². The number of carbonyl (C=O) groups is 3. The van der Waals surface area contributed by atoms with E-state index in [1.807, 2.05) is 4.90 Å². The SMILES string of the molecule is COc1cc2nc(C3CCC(CN(C)C4CCN(c5c(F)ccc6c5n(C)c(=O)n6C5CCC(=O)NC5=O)CC4)CC3)sc2cc1NC(=O)c1cccc(C(F)(F)F)n1. The first kappa shape index (κ1) is 40.4. The number of aromatic nitrogens is 4. The lowest BCUT2D eigenvalue weighted by Gasteiger charge is -2.40. The number of halogens is 4. The number of thiazole rings is 1. The average Bonchev–Trinajstić information content (AvgIpc) is 3.74. The minimum atomic E-state index is -4.68. The largest absolute Gasteiger partial charge is 0.494 e. The Hall–Kier alpha value is -5.36. The highest BCUT2D eigenvalue weighted by Crippen LogP contribution is 2.42. The van der Waals surface area contributed by atoms with E-state index in [9.17, 15) is 32.3 Å². The Labute approximate surface area is 340 Å². The van der Waals surface area contributed by atoms with Gasteiger partial charge in [0.1, 0.15) is 29.0 Å². The van der Waals surface area contributed by atoms with E-state index < -0.39 is 41.2 Å². The van der Waals surface area contributed by atoms with Crippen molar-refractivity contribution in [1.82, 2.24) is 29.3 Å². The molecule has 2 N–H and O–H groups in total. The molecule has 0 spiro atoms. The molecule has 13 nitrogen and oxygen atoms in total. The van der Waals surface area contributed by atoms with Crippen LogP contribution >= 0.6 is 11.3 Å². The van der Waals surface area contributed by atoms with Crippen molar-refractivity contribution in [2.75, 3.05) is 44.0 Å². The second-order valence-corrected chi connectivity index (χ2v) is 16.8. The number of nitrogens with one attached hydrogen (secondary N) is 2. The lowest BCUT2D eigenvalue weighted by atomic mass is 9.82. The van der Waals surface area contributed by atoms with Crippen molar-refractivity contribution in [3.63, 3.8) is 0 Å². The van der Waals surface area contributed by atoms with Crippen molar-refractivity contribution in [2.24, 2.45) is 13.0 Å². The van der Waals surface area contributed by atoms with Crippen molar-refractivity contribution in [2.45, 2.75) is 75.5 Å². The van der Waals surface area contributed by atoms with Gasteiger partial charge in [-0.2, -0.15) is 13.2 Å². The molecule has 5 aromatic rings. The van der Waals surface area contributed by atoms with Crippen molar-refractivity contribution >= 4 is 61.7 Å². The van der Waals surface area contributed by atoms with E-state index in [1.165, 1.54) is 45.8 Å². The summed E-state index contributed by atoms with van der Waals surface area (Å²) in [6, 6.07) is 8.99. The minimum Gasteiger partial charge on any atom is -0.494 e. The standard InChI is InChI=1S/C41H44F4N8O5S/c1-50(24-15-17-52(18-16-24)35-25(42)11-12-29-36(35)51(2)40(57)53(29)30-13-14-34(54)49-38(30)56)21-22-7-9-23(10-8-22)39-48-28-19-31(58-3)27(20-32(28)59-39)47-37(55)26-5-4-6-33(46-26)41(43,44)45/h4-6,11-12,19-20,22-24,30H,7-10,13-18,21H2,1-3H3,(H,47,55)(H,49,54,56). The molecule has 59 heavy (non-hydrogen) atoms. The number of ether oxygens (including phenoxy) is 1. The molecule has 3 amide bonds. The van der Waals surface area contributed by atoms with Crippen LogP contribution in [0.4, 0.5) is 28.9 Å². The summed E-state index contributed by atoms with van der Waals surface area (Å²) >= 11 is 1.54. The highest BCUT2D eigenvalue weighted by atomic mass is 32.1. The molecule has 18 heteroatoms. The van der Waals surface area contributed by atoms with Gasteiger partial charge in [0.2, 0.25) is 11.8 Å². The number of aryl methyl sites for hydroxylation is 1. The second-order valence-electron chi connectivity index (χ2n) is 15.7. The number of piperidine rings is 2. The van der Waals surface area contributed by atoms with Gasteiger partial charge in [-0.25, -0.2) is 19.2 Å². The van der Waals surface area contributed by atoms with Crippen LogP contribution in [0.25, 0.3) is 21.3 Å². The summed E-state index contributed by atoms with van der Waals surface area (Å²) in [6.45, 7) is 2.14. The quantitative estimate of drug-likeness (QED) is 0.124. The predicted octanol–water partition coefficient (Wildman–Crippen LogP) is 6.62. The van der Waals surface area contributed by atoms with Gasteiger partial charge in [0.05, 0.1) is 44.7 Å². The van der Waals surface area contributed by atoms with Crippen LogP contribution in [0.3, 0.4) is 0 Å². The molecule has 1 saturated carbocycles. The number of alkyl halides is 3. The summed E-state index contributed by atoms with van der Waals surface area (Å²) in [5.74, 6) is -1.01. The predicted molar refractivity (Wildman–Crippen MR) is 214 cm³/mol. The van der Waals surface area contributed by atoms with Crippen LogP contribution in [0, 0.1) is 11.7 Å². The van der Waals surface area contributed by atoms with Crippen molar-refractivity contribution in [1.29, 1.82) is 0 Å². The first-order valence-corrected chi connectivity index (χ1v) is 20.5. The zero-order valence-electron chi connectivity index (χ0n) is 32.8. The number of hydrogen-bond donors (Lipinski definition) is 2. The third-order valence-corrected chi connectivity index (χ3v) is 13.3. The van der Waals surface area contributed by atoms with Crippen molar-refractivity contribution in [3.8, 4) is 5.75 Å². The Morgan fingerprint density at radius 2 is 1.76 bits per heavy atom. The Bertz CT molecular complexity index is 2500. The molecule has 3 aliphatic rings. The Morgan fingerprint density at radius 1 is 1.02 bits per heavy atom. The molecular weight excluding hydrogens is 793 g/mol. The Morgan fingerprint density at radius 3 is 2.46 bits per heavy atom. The van der Waals surface area contributed by atoms with E-state index in [2.05, 4.69) is 27.6 Å². The van der Waals surface area contributed by atoms with Gasteiger partial charge < -0.3 is 19.9 Å². The van der Waals surface area contributed by atoms with E-state index in [0.717, 1.165) is 72.4 Å². The maximum absolute atomic E-state index is 15.6. The molecule has 2 saturated heterocycles. The molecule has 3 aromatic heterocycles. The van der Waals surface area contributed by atoms with Gasteiger partial charge in [-0.05, 0) is 88.2 Å². The second kappa shape index (κ2) is 16.0. The van der Waals surface area contributed by atoms with Gasteiger partial charge in [-0.1, -0.05) is 6.07 Å². The topological polar surface area (TPSA) is 144 Å². The highest BCUT2D eigenvalue weighted by Gasteiger charge is 2.35. The van der Waals surface area contributed by atoms with Crippen LogP contribution in [-0.2, 0) is 22.8 Å². The summed E-state index contributed by atoms with van der Waals surface area (Å²) in [5.41, 5.74) is 0.351. The van der Waals surface area contributed by atoms with Crippen LogP contribution in [-0.4, -0.2) is 81.6 Å². The molecule has 1 aliphatic carbocycles. The summed E-state index contributed by atoms with van der Waals surface area (Å²) in [5, 5.41) is 5.97. The fraction of sp³-hybridized carbons (Fsp3) is 0.463. The number of carbonyl (C=O) groups excluding carboxylic acids is 3. The maximum atomic E-state index is 15.6. The number of hydrogen-bond acceptors (Lipinski definition) is 10. The molecule has 0 radical (unpaired) electrons. The van der Waals surface area contributed by atoms with Crippen molar-refractivity contribution < 1.29 is 36.7 Å². The van der Waals surface area contributed by atoms with Gasteiger partial charge in [-0.15, -0.1) is 11.3 Å². The number of imide groups is 1. The minimum absolute atomic E-state index is 0.124. The number of fused-ring (bicyclic) bond motifs is 2. The molecule has 1 unspecified atom stereocenters. The van der Waals surface area contributed by atoms with Crippen LogP contribution in [0.15, 0.2) is 47.3 Å². The zero-order chi connectivity index (χ0) is 41.7. The van der Waals surface area contributed by atoms with E-state index >= 15 is 4.39 Å². The molecule has 5 heterocycles. The number of imidazole rings is 1. The Balaban J connectivity index is 0.876. The van der Waals surface area contributed by atoms with Crippen molar-refractivity contribution in [3.05, 3.63) is 75.2 Å². The van der Waals surface area contributed by atoms with Gasteiger partial charge in [0, 0.05) is 51.1 Å². The lowest BCUT2D eigenvalue weighted by Crippen LogP contribution is -2.45. The van der Waals surface area contributed by atoms with E-state index in [0.29, 0.717) is 53.2 Å².